The van der Waals surface area contributed by atoms with E-state index in [-0.39, 0.29) is 10.3 Å². The summed E-state index contributed by atoms with van der Waals surface area (Å²) in [5, 5.41) is 0.884. The minimum atomic E-state index is -3.52. The van der Waals surface area contributed by atoms with Gasteiger partial charge in [0.05, 0.1) is 12.0 Å². The summed E-state index contributed by atoms with van der Waals surface area (Å²) in [7, 11) is -1.95. The van der Waals surface area contributed by atoms with Crippen LogP contribution < -0.4 is 9.46 Å². The van der Waals surface area contributed by atoms with Crippen LogP contribution in [0.2, 0.25) is 0 Å². The van der Waals surface area contributed by atoms with Crippen LogP contribution in [-0.4, -0.2) is 33.1 Å². The first-order chi connectivity index (χ1) is 15.5. The SMILES string of the molecule is COc1ccc(S(=O)(=O)NCC2(Cc3ccc(CCSC4CCCC4)cc3)CCC2)cc1. The average Bonchev–Trinajstić information content (AvgIpc) is 3.30. The van der Waals surface area contributed by atoms with Crippen LogP contribution in [0.5, 0.6) is 5.75 Å². The molecule has 1 N–H and O–H groups in total. The van der Waals surface area contributed by atoms with Gasteiger partial charge in [-0.15, -0.1) is 0 Å². The standard InChI is InChI=1S/C26H35NO3S2/c1-30-23-11-13-25(14-12-23)32(28,29)27-20-26(16-4-17-26)19-22-9-7-21(8-10-22)15-18-31-24-5-2-3-6-24/h7-14,24,27H,2-6,15-20H2,1H3. The van der Waals surface area contributed by atoms with Gasteiger partial charge in [0.25, 0.3) is 0 Å². The molecule has 4 nitrogen and oxygen atoms in total. The van der Waals surface area contributed by atoms with E-state index in [1.54, 1.807) is 31.4 Å². The molecule has 0 bridgehead atoms. The summed E-state index contributed by atoms with van der Waals surface area (Å²) in [6.07, 6.45) is 11.0. The molecule has 0 aliphatic heterocycles. The van der Waals surface area contributed by atoms with Gasteiger partial charge in [0.2, 0.25) is 10.0 Å². The van der Waals surface area contributed by atoms with Crippen LogP contribution in [0.3, 0.4) is 0 Å². The minimum absolute atomic E-state index is 0.0272. The van der Waals surface area contributed by atoms with E-state index >= 15 is 0 Å². The summed E-state index contributed by atoms with van der Waals surface area (Å²) in [4.78, 5) is 0.285. The number of hydrogen-bond acceptors (Lipinski definition) is 4. The summed E-state index contributed by atoms with van der Waals surface area (Å²) in [5.74, 6) is 1.86. The Kier molecular flexibility index (Phi) is 7.85. The lowest BCUT2D eigenvalue weighted by atomic mass is 9.65. The molecule has 0 aromatic heterocycles. The third-order valence-electron chi connectivity index (χ3n) is 7.07. The van der Waals surface area contributed by atoms with E-state index in [0.717, 1.165) is 30.9 Å². The molecular weight excluding hydrogens is 438 g/mol. The molecule has 6 heteroatoms. The third-order valence-corrected chi connectivity index (χ3v) is 9.87. The molecule has 2 aliphatic carbocycles. The lowest BCUT2D eigenvalue weighted by molar-refractivity contribution is 0.139. The Morgan fingerprint density at radius 3 is 2.22 bits per heavy atom. The normalized spacial score (nSPS) is 18.4. The molecule has 2 fully saturated rings. The molecule has 0 atom stereocenters. The maximum atomic E-state index is 12.8. The summed E-state index contributed by atoms with van der Waals surface area (Å²) in [5.41, 5.74) is 2.74. The molecule has 0 unspecified atom stereocenters. The average molecular weight is 474 g/mol. The van der Waals surface area contributed by atoms with Crippen molar-refractivity contribution in [3.8, 4) is 5.75 Å². The third kappa shape index (κ3) is 6.09. The first-order valence-corrected chi connectivity index (χ1v) is 14.3. The molecule has 32 heavy (non-hydrogen) atoms. The van der Waals surface area contributed by atoms with Crippen molar-refractivity contribution in [1.29, 1.82) is 0 Å². The topological polar surface area (TPSA) is 55.4 Å². The fourth-order valence-corrected chi connectivity index (χ4v) is 7.35. The van der Waals surface area contributed by atoms with Gasteiger partial charge < -0.3 is 4.74 Å². The van der Waals surface area contributed by atoms with Crippen molar-refractivity contribution in [2.45, 2.75) is 67.9 Å². The number of thioether (sulfide) groups is 1. The first-order valence-electron chi connectivity index (χ1n) is 11.8. The molecule has 0 amide bonds. The molecule has 0 radical (unpaired) electrons. The summed E-state index contributed by atoms with van der Waals surface area (Å²) in [6, 6.07) is 15.6. The van der Waals surface area contributed by atoms with Crippen LogP contribution in [0, 0.1) is 5.41 Å². The Morgan fingerprint density at radius 2 is 1.62 bits per heavy atom. The van der Waals surface area contributed by atoms with E-state index in [1.165, 1.54) is 49.0 Å². The van der Waals surface area contributed by atoms with Gasteiger partial charge in [0, 0.05) is 11.8 Å². The maximum Gasteiger partial charge on any atom is 0.240 e. The van der Waals surface area contributed by atoms with Crippen LogP contribution in [0.1, 0.15) is 56.1 Å². The van der Waals surface area contributed by atoms with E-state index in [2.05, 4.69) is 40.7 Å². The molecule has 2 aromatic rings. The lowest BCUT2D eigenvalue weighted by Crippen LogP contribution is -2.43. The van der Waals surface area contributed by atoms with Crippen LogP contribution in [-0.2, 0) is 22.9 Å². The number of aryl methyl sites for hydroxylation is 1. The number of ether oxygens (including phenoxy) is 1. The maximum absolute atomic E-state index is 12.8. The zero-order chi connectivity index (χ0) is 22.4. The first kappa shape index (κ1) is 23.7. The highest BCUT2D eigenvalue weighted by Crippen LogP contribution is 2.43. The van der Waals surface area contributed by atoms with Crippen molar-refractivity contribution in [2.75, 3.05) is 19.4 Å². The predicted octanol–water partition coefficient (Wildman–Crippen LogP) is 5.60. The van der Waals surface area contributed by atoms with E-state index in [1.807, 2.05) is 0 Å². The summed E-state index contributed by atoms with van der Waals surface area (Å²) >= 11 is 2.14. The molecular formula is C26H35NO3S2. The minimum Gasteiger partial charge on any atom is -0.497 e. The van der Waals surface area contributed by atoms with Gasteiger partial charge in [0.1, 0.15) is 5.75 Å². The van der Waals surface area contributed by atoms with Gasteiger partial charge in [0.15, 0.2) is 0 Å². The number of nitrogens with one attached hydrogen (secondary N) is 1. The van der Waals surface area contributed by atoms with Crippen LogP contribution >= 0.6 is 11.8 Å². The predicted molar refractivity (Wildman–Crippen MR) is 133 cm³/mol. The van der Waals surface area contributed by atoms with Gasteiger partial charge in [-0.2, -0.15) is 11.8 Å². The van der Waals surface area contributed by atoms with Crippen molar-refractivity contribution in [1.82, 2.24) is 4.72 Å². The Labute approximate surface area is 197 Å². The second-order valence-corrected chi connectivity index (χ2v) is 12.5. The molecule has 0 spiro atoms. The van der Waals surface area contributed by atoms with Gasteiger partial charge in [-0.1, -0.05) is 43.5 Å². The Hall–Kier alpha value is -1.50. The van der Waals surface area contributed by atoms with Crippen molar-refractivity contribution in [3.05, 3.63) is 59.7 Å². The van der Waals surface area contributed by atoms with E-state index in [4.69, 9.17) is 4.74 Å². The number of benzene rings is 2. The van der Waals surface area contributed by atoms with Crippen LogP contribution in [0.4, 0.5) is 0 Å². The number of hydrogen-bond donors (Lipinski definition) is 1. The van der Waals surface area contributed by atoms with E-state index in [0.29, 0.717) is 12.3 Å². The van der Waals surface area contributed by atoms with Crippen molar-refractivity contribution in [2.24, 2.45) is 5.41 Å². The molecule has 0 heterocycles. The highest BCUT2D eigenvalue weighted by atomic mass is 32.2. The second-order valence-electron chi connectivity index (χ2n) is 9.37. The highest BCUT2D eigenvalue weighted by Gasteiger charge is 2.38. The van der Waals surface area contributed by atoms with Crippen molar-refractivity contribution < 1.29 is 13.2 Å². The zero-order valence-electron chi connectivity index (χ0n) is 19.0. The zero-order valence-corrected chi connectivity index (χ0v) is 20.6. The fraction of sp³-hybridized carbons (Fsp3) is 0.538. The van der Waals surface area contributed by atoms with Crippen molar-refractivity contribution >= 4 is 21.8 Å². The quantitative estimate of drug-likeness (QED) is 0.461. The highest BCUT2D eigenvalue weighted by molar-refractivity contribution is 7.99. The van der Waals surface area contributed by atoms with Crippen LogP contribution in [0.15, 0.2) is 53.4 Å². The summed E-state index contributed by atoms with van der Waals surface area (Å²) < 4.78 is 33.5. The Balaban J connectivity index is 1.30. The number of rotatable bonds is 11. The Bertz CT molecular complexity index is 961. The summed E-state index contributed by atoms with van der Waals surface area (Å²) in [6.45, 7) is 0.487. The second kappa shape index (κ2) is 10.6. The van der Waals surface area contributed by atoms with E-state index < -0.39 is 10.0 Å². The molecule has 2 saturated carbocycles. The molecule has 2 aromatic carbocycles. The molecule has 4 rings (SSSR count). The van der Waals surface area contributed by atoms with Gasteiger partial charge in [-0.05, 0) is 85.1 Å². The van der Waals surface area contributed by atoms with Gasteiger partial charge in [-0.25, -0.2) is 13.1 Å². The van der Waals surface area contributed by atoms with Crippen LogP contribution in [0.25, 0.3) is 0 Å². The number of sulfonamides is 1. The van der Waals surface area contributed by atoms with E-state index in [9.17, 15) is 8.42 Å². The molecule has 0 saturated heterocycles. The smallest absolute Gasteiger partial charge is 0.240 e. The van der Waals surface area contributed by atoms with Gasteiger partial charge in [-0.3, -0.25) is 0 Å². The lowest BCUT2D eigenvalue weighted by Gasteiger charge is -2.42. The molecule has 174 valence electrons. The van der Waals surface area contributed by atoms with Crippen molar-refractivity contribution in [3.63, 3.8) is 0 Å². The Morgan fingerprint density at radius 1 is 0.969 bits per heavy atom. The fourth-order valence-electron chi connectivity index (χ4n) is 4.83. The molecule has 2 aliphatic rings. The monoisotopic (exact) mass is 473 g/mol. The largest absolute Gasteiger partial charge is 0.497 e. The van der Waals surface area contributed by atoms with Gasteiger partial charge >= 0.3 is 0 Å². The number of methoxy groups -OCH3 is 1.